The molecular formula is C10H14. The third kappa shape index (κ3) is 0.624. The van der Waals surface area contributed by atoms with Crippen LogP contribution < -0.4 is 0 Å². The van der Waals surface area contributed by atoms with Crippen LogP contribution in [0.25, 0.3) is 0 Å². The Hall–Kier alpha value is -0.260. The molecule has 0 aromatic carbocycles. The van der Waals surface area contributed by atoms with Gasteiger partial charge in [-0.3, -0.25) is 0 Å². The maximum absolute atomic E-state index is 2.50. The highest BCUT2D eigenvalue weighted by atomic mass is 14.6. The molecule has 0 aliphatic heterocycles. The highest BCUT2D eigenvalue weighted by molar-refractivity contribution is 5.19. The fourth-order valence-corrected chi connectivity index (χ4v) is 2.50. The van der Waals surface area contributed by atoms with Gasteiger partial charge in [-0.05, 0) is 49.4 Å². The zero-order valence-corrected chi connectivity index (χ0v) is 6.40. The van der Waals surface area contributed by atoms with Crippen LogP contribution >= 0.6 is 0 Å². The van der Waals surface area contributed by atoms with Gasteiger partial charge in [0.15, 0.2) is 0 Å². The van der Waals surface area contributed by atoms with Crippen molar-refractivity contribution in [1.29, 1.82) is 0 Å². The van der Waals surface area contributed by atoms with Crippen LogP contribution in [-0.2, 0) is 0 Å². The van der Waals surface area contributed by atoms with Gasteiger partial charge in [0.05, 0.1) is 0 Å². The van der Waals surface area contributed by atoms with Crippen molar-refractivity contribution in [2.24, 2.45) is 10.8 Å². The standard InChI is InChI=1S/C10H14/c1-2-9(4-5-9)8-10(3-1)6-7-10/h1-2H,3-8H2. The molecule has 0 radical (unpaired) electrons. The first-order valence-electron chi connectivity index (χ1n) is 4.51. The first-order valence-corrected chi connectivity index (χ1v) is 4.51. The van der Waals surface area contributed by atoms with Crippen molar-refractivity contribution in [3.05, 3.63) is 12.2 Å². The number of rotatable bonds is 0. The molecule has 0 unspecified atom stereocenters. The lowest BCUT2D eigenvalue weighted by Crippen LogP contribution is -2.12. The Balaban J connectivity index is 1.91. The molecule has 0 bridgehead atoms. The van der Waals surface area contributed by atoms with Crippen molar-refractivity contribution in [2.75, 3.05) is 0 Å². The third-order valence-electron chi connectivity index (χ3n) is 3.60. The lowest BCUT2D eigenvalue weighted by atomic mass is 9.82. The molecule has 0 aromatic rings. The Bertz CT molecular complexity index is 192. The van der Waals surface area contributed by atoms with E-state index in [0.717, 1.165) is 10.8 Å². The van der Waals surface area contributed by atoms with Crippen LogP contribution in [0.5, 0.6) is 0 Å². The molecule has 10 heavy (non-hydrogen) atoms. The van der Waals surface area contributed by atoms with Gasteiger partial charge in [0.25, 0.3) is 0 Å². The van der Waals surface area contributed by atoms with Crippen LogP contribution in [0.3, 0.4) is 0 Å². The number of hydrogen-bond donors (Lipinski definition) is 0. The summed E-state index contributed by atoms with van der Waals surface area (Å²) in [6, 6.07) is 0. The number of hydrogen-bond acceptors (Lipinski definition) is 0. The summed E-state index contributed by atoms with van der Waals surface area (Å²) in [5.74, 6) is 0. The van der Waals surface area contributed by atoms with E-state index in [1.165, 1.54) is 38.5 Å². The van der Waals surface area contributed by atoms with Crippen LogP contribution in [-0.4, -0.2) is 0 Å². The molecule has 3 aliphatic carbocycles. The summed E-state index contributed by atoms with van der Waals surface area (Å²) in [6.07, 6.45) is 13.9. The van der Waals surface area contributed by atoms with Gasteiger partial charge in [-0.25, -0.2) is 0 Å². The van der Waals surface area contributed by atoms with Crippen molar-refractivity contribution < 1.29 is 0 Å². The van der Waals surface area contributed by atoms with Crippen molar-refractivity contribution in [3.63, 3.8) is 0 Å². The van der Waals surface area contributed by atoms with E-state index in [9.17, 15) is 0 Å². The minimum absolute atomic E-state index is 0.745. The molecule has 0 aromatic heterocycles. The predicted octanol–water partition coefficient (Wildman–Crippen LogP) is 2.90. The Morgan fingerprint density at radius 3 is 2.40 bits per heavy atom. The lowest BCUT2D eigenvalue weighted by Gasteiger charge is -2.23. The van der Waals surface area contributed by atoms with Crippen molar-refractivity contribution in [1.82, 2.24) is 0 Å². The minimum Gasteiger partial charge on any atom is -0.0874 e. The molecule has 0 nitrogen and oxygen atoms in total. The second kappa shape index (κ2) is 1.34. The van der Waals surface area contributed by atoms with Gasteiger partial charge in [-0.1, -0.05) is 12.2 Å². The van der Waals surface area contributed by atoms with Crippen LogP contribution in [0, 0.1) is 10.8 Å². The van der Waals surface area contributed by atoms with E-state index in [1.807, 2.05) is 0 Å². The SMILES string of the molecule is C1=CC2(CC2)CC2(C1)CC2. The molecule has 3 aliphatic rings. The molecule has 0 N–H and O–H groups in total. The molecule has 0 atom stereocenters. The molecule has 0 saturated heterocycles. The molecule has 2 fully saturated rings. The average Bonchev–Trinajstić information content (AvgIpc) is 2.78. The molecule has 3 rings (SSSR count). The molecule has 2 spiro atoms. The summed E-state index contributed by atoms with van der Waals surface area (Å²) in [5, 5.41) is 0. The third-order valence-corrected chi connectivity index (χ3v) is 3.60. The van der Waals surface area contributed by atoms with E-state index in [2.05, 4.69) is 12.2 Å². The Morgan fingerprint density at radius 1 is 1.00 bits per heavy atom. The molecule has 54 valence electrons. The maximum Gasteiger partial charge on any atom is -0.0112 e. The van der Waals surface area contributed by atoms with Crippen LogP contribution in [0.15, 0.2) is 12.2 Å². The van der Waals surface area contributed by atoms with Gasteiger partial charge in [-0.2, -0.15) is 0 Å². The van der Waals surface area contributed by atoms with Gasteiger partial charge in [0.1, 0.15) is 0 Å². The molecule has 0 heteroatoms. The van der Waals surface area contributed by atoms with E-state index in [0.29, 0.717) is 0 Å². The van der Waals surface area contributed by atoms with E-state index in [1.54, 1.807) is 0 Å². The second-order valence-electron chi connectivity index (χ2n) is 4.65. The predicted molar refractivity (Wildman–Crippen MR) is 41.7 cm³/mol. The summed E-state index contributed by atoms with van der Waals surface area (Å²) >= 11 is 0. The first-order chi connectivity index (χ1) is 4.83. The smallest absolute Gasteiger partial charge is 0.0112 e. The Morgan fingerprint density at radius 2 is 1.80 bits per heavy atom. The van der Waals surface area contributed by atoms with Crippen molar-refractivity contribution in [3.8, 4) is 0 Å². The van der Waals surface area contributed by atoms with Crippen molar-refractivity contribution >= 4 is 0 Å². The Labute approximate surface area is 62.3 Å². The zero-order valence-electron chi connectivity index (χ0n) is 6.40. The summed E-state index contributed by atoms with van der Waals surface area (Å²) in [4.78, 5) is 0. The van der Waals surface area contributed by atoms with Crippen LogP contribution in [0.4, 0.5) is 0 Å². The largest absolute Gasteiger partial charge is 0.0874 e. The van der Waals surface area contributed by atoms with E-state index >= 15 is 0 Å². The van der Waals surface area contributed by atoms with E-state index < -0.39 is 0 Å². The quantitative estimate of drug-likeness (QED) is 0.447. The van der Waals surface area contributed by atoms with E-state index in [4.69, 9.17) is 0 Å². The summed E-state index contributed by atoms with van der Waals surface area (Å²) < 4.78 is 0. The molecular weight excluding hydrogens is 120 g/mol. The van der Waals surface area contributed by atoms with E-state index in [-0.39, 0.29) is 0 Å². The Kier molecular flexibility index (Phi) is 0.725. The maximum atomic E-state index is 2.50. The van der Waals surface area contributed by atoms with Gasteiger partial charge in [-0.15, -0.1) is 0 Å². The summed E-state index contributed by atoms with van der Waals surface area (Å²) in [7, 11) is 0. The van der Waals surface area contributed by atoms with Gasteiger partial charge >= 0.3 is 0 Å². The summed E-state index contributed by atoms with van der Waals surface area (Å²) in [5.41, 5.74) is 1.58. The minimum atomic E-state index is 0.745. The fourth-order valence-electron chi connectivity index (χ4n) is 2.50. The molecule has 0 amide bonds. The zero-order chi connectivity index (χ0) is 6.66. The molecule has 2 saturated carbocycles. The highest BCUT2D eigenvalue weighted by Crippen LogP contribution is 2.66. The van der Waals surface area contributed by atoms with Crippen LogP contribution in [0.1, 0.15) is 38.5 Å². The number of allylic oxidation sites excluding steroid dienone is 2. The van der Waals surface area contributed by atoms with Gasteiger partial charge in [0.2, 0.25) is 0 Å². The van der Waals surface area contributed by atoms with Crippen LogP contribution in [0.2, 0.25) is 0 Å². The summed E-state index contributed by atoms with van der Waals surface area (Å²) in [6.45, 7) is 0. The first kappa shape index (κ1) is 5.40. The van der Waals surface area contributed by atoms with Crippen molar-refractivity contribution in [2.45, 2.75) is 38.5 Å². The highest BCUT2D eigenvalue weighted by Gasteiger charge is 2.53. The average molecular weight is 134 g/mol. The normalized spacial score (nSPS) is 36.8. The van der Waals surface area contributed by atoms with Gasteiger partial charge in [0, 0.05) is 0 Å². The molecule has 0 heterocycles. The second-order valence-corrected chi connectivity index (χ2v) is 4.65. The topological polar surface area (TPSA) is 0 Å². The lowest BCUT2D eigenvalue weighted by molar-refractivity contribution is 0.364. The fraction of sp³-hybridized carbons (Fsp3) is 0.800. The monoisotopic (exact) mass is 134 g/mol. The van der Waals surface area contributed by atoms with Gasteiger partial charge < -0.3 is 0 Å².